The van der Waals surface area contributed by atoms with Gasteiger partial charge in [-0.15, -0.1) is 0 Å². The quantitative estimate of drug-likeness (QED) is 0.943. The van der Waals surface area contributed by atoms with E-state index in [0.29, 0.717) is 11.4 Å². The lowest BCUT2D eigenvalue weighted by atomic mass is 10.2. The van der Waals surface area contributed by atoms with Crippen LogP contribution < -0.4 is 10.2 Å². The molecule has 0 spiro atoms. The van der Waals surface area contributed by atoms with Crippen molar-refractivity contribution in [3.63, 3.8) is 0 Å². The van der Waals surface area contributed by atoms with Crippen molar-refractivity contribution in [2.24, 2.45) is 0 Å². The Hall–Kier alpha value is -2.69. The van der Waals surface area contributed by atoms with Gasteiger partial charge in [-0.25, -0.2) is 4.39 Å². The molecule has 0 heterocycles. The summed E-state index contributed by atoms with van der Waals surface area (Å²) in [4.78, 5) is 25.0. The van der Waals surface area contributed by atoms with Crippen molar-refractivity contribution < 1.29 is 14.0 Å². The Morgan fingerprint density at radius 1 is 1.14 bits per heavy atom. The van der Waals surface area contributed by atoms with Gasteiger partial charge in [0.15, 0.2) is 0 Å². The maximum absolute atomic E-state index is 13.3. The van der Waals surface area contributed by atoms with Gasteiger partial charge >= 0.3 is 0 Å². The number of carbonyl (C=O) groups is 2. The van der Waals surface area contributed by atoms with E-state index in [-0.39, 0.29) is 18.4 Å². The number of hydrogen-bond donors (Lipinski definition) is 1. The number of anilines is 2. The van der Waals surface area contributed by atoms with Crippen LogP contribution in [-0.2, 0) is 9.59 Å². The molecule has 0 radical (unpaired) electrons. The maximum Gasteiger partial charge on any atom is 0.244 e. The Kier molecular flexibility index (Phi) is 4.88. The predicted molar refractivity (Wildman–Crippen MR) is 84.2 cm³/mol. The van der Waals surface area contributed by atoms with E-state index < -0.39 is 5.82 Å². The fourth-order valence-corrected chi connectivity index (χ4v) is 2.01. The van der Waals surface area contributed by atoms with Crippen LogP contribution in [0.3, 0.4) is 0 Å². The third kappa shape index (κ3) is 4.15. The molecule has 0 saturated carbocycles. The van der Waals surface area contributed by atoms with Crippen molar-refractivity contribution in [2.45, 2.75) is 13.8 Å². The first-order chi connectivity index (χ1) is 10.5. The Labute approximate surface area is 128 Å². The summed E-state index contributed by atoms with van der Waals surface area (Å²) in [6.45, 7) is 3.11. The van der Waals surface area contributed by atoms with Crippen LogP contribution in [0.5, 0.6) is 0 Å². The fourth-order valence-electron chi connectivity index (χ4n) is 2.01. The van der Waals surface area contributed by atoms with Gasteiger partial charge in [-0.1, -0.05) is 23.8 Å². The minimum atomic E-state index is -0.456. The van der Waals surface area contributed by atoms with Crippen molar-refractivity contribution in [1.29, 1.82) is 0 Å². The topological polar surface area (TPSA) is 49.4 Å². The molecule has 0 aliphatic rings. The average Bonchev–Trinajstić information content (AvgIpc) is 2.47. The third-order valence-corrected chi connectivity index (χ3v) is 3.14. The van der Waals surface area contributed by atoms with Gasteiger partial charge in [0, 0.05) is 18.3 Å². The van der Waals surface area contributed by atoms with Crippen molar-refractivity contribution in [3.8, 4) is 0 Å². The van der Waals surface area contributed by atoms with Crippen molar-refractivity contribution >= 4 is 23.2 Å². The normalized spacial score (nSPS) is 10.1. The van der Waals surface area contributed by atoms with E-state index in [9.17, 15) is 14.0 Å². The lowest BCUT2D eigenvalue weighted by Gasteiger charge is -2.20. The van der Waals surface area contributed by atoms with Crippen LogP contribution in [0.2, 0.25) is 0 Å². The number of hydrogen-bond acceptors (Lipinski definition) is 2. The largest absolute Gasteiger partial charge is 0.325 e. The third-order valence-electron chi connectivity index (χ3n) is 3.14. The molecule has 0 aromatic heterocycles. The average molecular weight is 300 g/mol. The van der Waals surface area contributed by atoms with E-state index in [1.165, 1.54) is 30.0 Å². The monoisotopic (exact) mass is 300 g/mol. The minimum Gasteiger partial charge on any atom is -0.325 e. The van der Waals surface area contributed by atoms with Gasteiger partial charge < -0.3 is 10.2 Å². The van der Waals surface area contributed by atoms with Gasteiger partial charge in [-0.2, -0.15) is 0 Å². The first-order valence-corrected chi connectivity index (χ1v) is 6.86. The Morgan fingerprint density at radius 3 is 2.41 bits per heavy atom. The number of aryl methyl sites for hydroxylation is 1. The van der Waals surface area contributed by atoms with Crippen molar-refractivity contribution in [3.05, 3.63) is 59.9 Å². The molecule has 0 aliphatic heterocycles. The number of halogens is 1. The Balaban J connectivity index is 2.09. The SMILES string of the molecule is CC(=O)N(CC(=O)Nc1ccc(C)cc1)c1cccc(F)c1. The van der Waals surface area contributed by atoms with Crippen LogP contribution in [0, 0.1) is 12.7 Å². The molecule has 0 saturated heterocycles. The van der Waals surface area contributed by atoms with Crippen LogP contribution in [0.4, 0.5) is 15.8 Å². The van der Waals surface area contributed by atoms with E-state index in [2.05, 4.69) is 5.32 Å². The predicted octanol–water partition coefficient (Wildman–Crippen LogP) is 3.13. The molecular formula is C17H17FN2O2. The summed E-state index contributed by atoms with van der Waals surface area (Å²) in [5, 5.41) is 2.71. The van der Waals surface area contributed by atoms with Crippen molar-refractivity contribution in [2.75, 3.05) is 16.8 Å². The highest BCUT2D eigenvalue weighted by molar-refractivity contribution is 6.01. The molecule has 5 heteroatoms. The Morgan fingerprint density at radius 2 is 1.82 bits per heavy atom. The minimum absolute atomic E-state index is 0.174. The number of nitrogens with zero attached hydrogens (tertiary/aromatic N) is 1. The van der Waals surface area contributed by atoms with Gasteiger partial charge in [-0.3, -0.25) is 9.59 Å². The lowest BCUT2D eigenvalue weighted by molar-refractivity contribution is -0.120. The van der Waals surface area contributed by atoms with E-state index in [1.54, 1.807) is 18.2 Å². The highest BCUT2D eigenvalue weighted by Gasteiger charge is 2.16. The number of amides is 2. The molecule has 2 amide bonds. The second kappa shape index (κ2) is 6.85. The molecule has 22 heavy (non-hydrogen) atoms. The molecule has 1 N–H and O–H groups in total. The summed E-state index contributed by atoms with van der Waals surface area (Å²) in [5.41, 5.74) is 2.09. The second-order valence-corrected chi connectivity index (χ2v) is 5.00. The fraction of sp³-hybridized carbons (Fsp3) is 0.176. The molecule has 114 valence electrons. The standard InChI is InChI=1S/C17H17FN2O2/c1-12-6-8-15(9-7-12)19-17(22)11-20(13(2)21)16-5-3-4-14(18)10-16/h3-10H,11H2,1-2H3,(H,19,22). The van der Waals surface area contributed by atoms with Crippen LogP contribution in [-0.4, -0.2) is 18.4 Å². The molecule has 2 aromatic rings. The second-order valence-electron chi connectivity index (χ2n) is 5.00. The van der Waals surface area contributed by atoms with Gasteiger partial charge in [0.25, 0.3) is 0 Å². The molecule has 0 bridgehead atoms. The zero-order chi connectivity index (χ0) is 16.1. The lowest BCUT2D eigenvalue weighted by Crippen LogP contribution is -2.36. The maximum atomic E-state index is 13.3. The molecule has 0 atom stereocenters. The molecule has 2 aromatic carbocycles. The number of carbonyl (C=O) groups excluding carboxylic acids is 2. The number of benzene rings is 2. The highest BCUT2D eigenvalue weighted by atomic mass is 19.1. The van der Waals surface area contributed by atoms with Crippen LogP contribution in [0.1, 0.15) is 12.5 Å². The molecule has 4 nitrogen and oxygen atoms in total. The zero-order valence-corrected chi connectivity index (χ0v) is 12.5. The van der Waals surface area contributed by atoms with E-state index >= 15 is 0 Å². The zero-order valence-electron chi connectivity index (χ0n) is 12.5. The number of nitrogens with one attached hydrogen (secondary N) is 1. The highest BCUT2D eigenvalue weighted by Crippen LogP contribution is 2.16. The first kappa shape index (κ1) is 15.7. The summed E-state index contributed by atoms with van der Waals surface area (Å²) in [7, 11) is 0. The van der Waals surface area contributed by atoms with E-state index in [4.69, 9.17) is 0 Å². The smallest absolute Gasteiger partial charge is 0.244 e. The summed E-state index contributed by atoms with van der Waals surface area (Å²) >= 11 is 0. The molecule has 2 rings (SSSR count). The van der Waals surface area contributed by atoms with Gasteiger partial charge in [0.1, 0.15) is 12.4 Å². The molecule has 0 aliphatic carbocycles. The summed E-state index contributed by atoms with van der Waals surface area (Å²) in [6, 6.07) is 12.9. The van der Waals surface area contributed by atoms with Gasteiger partial charge in [0.05, 0.1) is 0 Å². The van der Waals surface area contributed by atoms with Crippen LogP contribution >= 0.6 is 0 Å². The first-order valence-electron chi connectivity index (χ1n) is 6.86. The van der Waals surface area contributed by atoms with E-state index in [1.807, 2.05) is 19.1 Å². The van der Waals surface area contributed by atoms with E-state index in [0.717, 1.165) is 5.56 Å². The summed E-state index contributed by atoms with van der Waals surface area (Å²) in [6.07, 6.45) is 0. The summed E-state index contributed by atoms with van der Waals surface area (Å²) in [5.74, 6) is -1.13. The van der Waals surface area contributed by atoms with Gasteiger partial charge in [-0.05, 0) is 37.3 Å². The van der Waals surface area contributed by atoms with Crippen LogP contribution in [0.15, 0.2) is 48.5 Å². The van der Waals surface area contributed by atoms with Gasteiger partial charge in [0.2, 0.25) is 11.8 Å². The number of rotatable bonds is 4. The van der Waals surface area contributed by atoms with Crippen LogP contribution in [0.25, 0.3) is 0 Å². The summed E-state index contributed by atoms with van der Waals surface area (Å²) < 4.78 is 13.3. The molecule has 0 fully saturated rings. The Bertz CT molecular complexity index is 683. The molecular weight excluding hydrogens is 283 g/mol. The van der Waals surface area contributed by atoms with Crippen molar-refractivity contribution in [1.82, 2.24) is 0 Å². The molecule has 0 unspecified atom stereocenters.